The predicted molar refractivity (Wildman–Crippen MR) is 135 cm³/mol. The van der Waals surface area contributed by atoms with Crippen LogP contribution in [0.15, 0.2) is 67.1 Å². The van der Waals surface area contributed by atoms with E-state index in [4.69, 9.17) is 9.72 Å². The largest absolute Gasteiger partial charge is 0.378 e. The van der Waals surface area contributed by atoms with E-state index >= 15 is 0 Å². The average molecular weight is 463 g/mol. The van der Waals surface area contributed by atoms with Gasteiger partial charge >= 0.3 is 0 Å². The van der Waals surface area contributed by atoms with Crippen molar-refractivity contribution in [3.8, 4) is 11.4 Å². The van der Waals surface area contributed by atoms with Crippen molar-refractivity contribution >= 4 is 49.6 Å². The Morgan fingerprint density at radius 3 is 2.43 bits per heavy atom. The molecule has 0 aliphatic carbocycles. The maximum Gasteiger partial charge on any atom is 0.242 e. The number of H-pyrrole nitrogens is 1. The molecule has 2 aromatic carbocycles. The first kappa shape index (κ1) is 20.1. The van der Waals surface area contributed by atoms with Crippen LogP contribution < -0.4 is 0 Å². The second kappa shape index (κ2) is 7.89. The second-order valence-corrected chi connectivity index (χ2v) is 8.79. The minimum atomic E-state index is 0.0966. The van der Waals surface area contributed by atoms with Crippen LogP contribution in [0, 0.1) is 0 Å². The monoisotopic (exact) mass is 462 g/mol. The number of para-hydroxylation sites is 1. The van der Waals surface area contributed by atoms with E-state index in [0.29, 0.717) is 26.3 Å². The van der Waals surface area contributed by atoms with Crippen molar-refractivity contribution in [2.75, 3.05) is 26.3 Å². The third-order valence-corrected chi connectivity index (χ3v) is 6.78. The van der Waals surface area contributed by atoms with Gasteiger partial charge in [0.2, 0.25) is 5.91 Å². The highest BCUT2D eigenvalue weighted by Gasteiger charge is 2.21. The summed E-state index contributed by atoms with van der Waals surface area (Å²) in [6.45, 7) is 2.73. The molecule has 4 aromatic heterocycles. The van der Waals surface area contributed by atoms with Gasteiger partial charge in [-0.25, -0.2) is 4.98 Å². The number of hydrogen-bond donors (Lipinski definition) is 1. The van der Waals surface area contributed by atoms with Crippen LogP contribution in [-0.2, 0) is 16.1 Å². The van der Waals surface area contributed by atoms with E-state index in [0.717, 1.165) is 55.1 Å². The summed E-state index contributed by atoms with van der Waals surface area (Å²) in [6, 6.07) is 16.1. The fourth-order valence-electron chi connectivity index (χ4n) is 5.10. The number of aromatic nitrogens is 5. The fraction of sp³-hybridized carbons (Fsp3) is 0.185. The summed E-state index contributed by atoms with van der Waals surface area (Å²) in [5.41, 5.74) is 5.45. The number of amides is 1. The van der Waals surface area contributed by atoms with Gasteiger partial charge in [0.15, 0.2) is 0 Å². The lowest BCUT2D eigenvalue weighted by Crippen LogP contribution is -2.42. The Hall–Kier alpha value is -4.30. The summed E-state index contributed by atoms with van der Waals surface area (Å²) in [4.78, 5) is 32.7. The van der Waals surface area contributed by atoms with Gasteiger partial charge < -0.3 is 19.2 Å². The van der Waals surface area contributed by atoms with Gasteiger partial charge in [-0.2, -0.15) is 0 Å². The number of morpholine rings is 1. The predicted octanol–water partition coefficient (Wildman–Crippen LogP) is 4.14. The molecule has 6 aromatic rings. The molecule has 1 N–H and O–H groups in total. The van der Waals surface area contributed by atoms with Gasteiger partial charge in [-0.1, -0.05) is 18.2 Å². The highest BCUT2D eigenvalue weighted by atomic mass is 16.5. The first-order valence-electron chi connectivity index (χ1n) is 11.7. The highest BCUT2D eigenvalue weighted by Crippen LogP contribution is 2.35. The quantitative estimate of drug-likeness (QED) is 0.399. The second-order valence-electron chi connectivity index (χ2n) is 8.79. The van der Waals surface area contributed by atoms with Crippen LogP contribution in [0.25, 0.3) is 55.1 Å². The van der Waals surface area contributed by atoms with Crippen LogP contribution in [0.2, 0.25) is 0 Å². The first-order chi connectivity index (χ1) is 17.3. The molecule has 0 saturated carbocycles. The molecule has 0 atom stereocenters. The molecular formula is C27H22N6O2. The Balaban J connectivity index is 1.40. The lowest BCUT2D eigenvalue weighted by atomic mass is 10.1. The van der Waals surface area contributed by atoms with E-state index in [9.17, 15) is 4.79 Å². The standard InChI is InChI=1S/C27H22N6O2/c34-22(32-11-13-35-14-12-32)16-33-15-20(17-5-1-2-8-21(17)33)27-30-25-18-6-3-9-28-23(18)24-19(26(25)31-27)7-4-10-29-24/h1-10,15H,11-14,16H2,(H,30,31). The van der Waals surface area contributed by atoms with Crippen LogP contribution in [0.3, 0.4) is 0 Å². The highest BCUT2D eigenvalue weighted by molar-refractivity contribution is 6.21. The van der Waals surface area contributed by atoms with Crippen LogP contribution >= 0.6 is 0 Å². The Labute approximate surface area is 200 Å². The number of pyridine rings is 2. The van der Waals surface area contributed by atoms with Gasteiger partial charge in [-0.3, -0.25) is 14.8 Å². The maximum atomic E-state index is 13.0. The molecule has 1 aliphatic heterocycles. The van der Waals surface area contributed by atoms with E-state index in [1.807, 2.05) is 58.1 Å². The number of carbonyl (C=O) groups is 1. The number of fused-ring (bicyclic) bond motifs is 7. The topological polar surface area (TPSA) is 88.9 Å². The number of ether oxygens (including phenoxy) is 1. The number of imidazole rings is 1. The van der Waals surface area contributed by atoms with Crippen molar-refractivity contribution < 1.29 is 9.53 Å². The molecule has 1 aliphatic rings. The Morgan fingerprint density at radius 2 is 1.60 bits per heavy atom. The van der Waals surface area contributed by atoms with Crippen molar-refractivity contribution in [2.45, 2.75) is 6.54 Å². The van der Waals surface area contributed by atoms with E-state index in [2.05, 4.69) is 21.0 Å². The molecule has 7 rings (SSSR count). The Kier molecular flexibility index (Phi) is 4.53. The smallest absolute Gasteiger partial charge is 0.242 e. The van der Waals surface area contributed by atoms with Crippen LogP contribution in [0.1, 0.15) is 0 Å². The minimum absolute atomic E-state index is 0.0966. The third-order valence-electron chi connectivity index (χ3n) is 6.78. The molecule has 5 heterocycles. The molecule has 0 unspecified atom stereocenters. The zero-order chi connectivity index (χ0) is 23.4. The van der Waals surface area contributed by atoms with Crippen LogP contribution in [-0.4, -0.2) is 61.6 Å². The molecule has 1 amide bonds. The fourth-order valence-corrected chi connectivity index (χ4v) is 5.10. The average Bonchev–Trinajstić information content (AvgIpc) is 3.52. The molecular weight excluding hydrogens is 440 g/mol. The van der Waals surface area contributed by atoms with E-state index in [1.165, 1.54) is 0 Å². The summed E-state index contributed by atoms with van der Waals surface area (Å²) in [6.07, 6.45) is 5.61. The van der Waals surface area contributed by atoms with E-state index in [1.54, 1.807) is 12.4 Å². The van der Waals surface area contributed by atoms with Gasteiger partial charge in [-0.05, 0) is 30.3 Å². The van der Waals surface area contributed by atoms with E-state index in [-0.39, 0.29) is 12.5 Å². The minimum Gasteiger partial charge on any atom is -0.378 e. The summed E-state index contributed by atoms with van der Waals surface area (Å²) < 4.78 is 7.42. The summed E-state index contributed by atoms with van der Waals surface area (Å²) >= 11 is 0. The Bertz CT molecular complexity index is 1670. The normalized spacial score (nSPS) is 14.5. The van der Waals surface area contributed by atoms with Crippen molar-refractivity contribution in [1.82, 2.24) is 29.4 Å². The molecule has 0 spiro atoms. The van der Waals surface area contributed by atoms with Crippen molar-refractivity contribution in [3.63, 3.8) is 0 Å². The SMILES string of the molecule is O=C(Cn1cc(-c2nc3c4cccnc4c4ncccc4c3[nH]2)c2ccccc21)N1CCOCC1. The van der Waals surface area contributed by atoms with Crippen molar-refractivity contribution in [2.24, 2.45) is 0 Å². The summed E-state index contributed by atoms with van der Waals surface area (Å²) in [7, 11) is 0. The molecule has 1 saturated heterocycles. The van der Waals surface area contributed by atoms with Gasteiger partial charge in [0.25, 0.3) is 0 Å². The first-order valence-corrected chi connectivity index (χ1v) is 11.7. The van der Waals surface area contributed by atoms with Gasteiger partial charge in [0.05, 0.1) is 35.3 Å². The molecule has 0 bridgehead atoms. The van der Waals surface area contributed by atoms with Gasteiger partial charge in [0.1, 0.15) is 12.4 Å². The molecule has 8 nitrogen and oxygen atoms in total. The van der Waals surface area contributed by atoms with Crippen molar-refractivity contribution in [3.05, 3.63) is 67.1 Å². The van der Waals surface area contributed by atoms with Gasteiger partial charge in [-0.15, -0.1) is 0 Å². The maximum absolute atomic E-state index is 13.0. The lowest BCUT2D eigenvalue weighted by molar-refractivity contribution is -0.135. The lowest BCUT2D eigenvalue weighted by Gasteiger charge is -2.27. The van der Waals surface area contributed by atoms with Gasteiger partial charge in [0, 0.05) is 58.9 Å². The number of benzene rings is 2. The number of carbonyl (C=O) groups excluding carboxylic acids is 1. The zero-order valence-electron chi connectivity index (χ0n) is 18.9. The number of rotatable bonds is 3. The molecule has 35 heavy (non-hydrogen) atoms. The number of aromatic amines is 1. The van der Waals surface area contributed by atoms with Crippen LogP contribution in [0.4, 0.5) is 0 Å². The summed E-state index contributed by atoms with van der Waals surface area (Å²) in [5.74, 6) is 0.856. The van der Waals surface area contributed by atoms with E-state index < -0.39 is 0 Å². The molecule has 1 fully saturated rings. The molecule has 0 radical (unpaired) electrons. The molecule has 8 heteroatoms. The Morgan fingerprint density at radius 1 is 0.886 bits per heavy atom. The number of nitrogens with one attached hydrogen (secondary N) is 1. The third kappa shape index (κ3) is 3.18. The van der Waals surface area contributed by atoms with Crippen molar-refractivity contribution in [1.29, 1.82) is 0 Å². The summed E-state index contributed by atoms with van der Waals surface area (Å²) in [5, 5.41) is 2.99. The van der Waals surface area contributed by atoms with Crippen LogP contribution in [0.5, 0.6) is 0 Å². The number of hydrogen-bond acceptors (Lipinski definition) is 5. The molecule has 172 valence electrons. The zero-order valence-corrected chi connectivity index (χ0v) is 18.9. The number of nitrogens with zero attached hydrogens (tertiary/aromatic N) is 5.